The first-order chi connectivity index (χ1) is 16.0. The van der Waals surface area contributed by atoms with Gasteiger partial charge in [0.15, 0.2) is 0 Å². The van der Waals surface area contributed by atoms with Crippen molar-refractivity contribution in [3.05, 3.63) is 101 Å². The van der Waals surface area contributed by atoms with Crippen LogP contribution in [0.5, 0.6) is 5.75 Å². The summed E-state index contributed by atoms with van der Waals surface area (Å²) < 4.78 is 23.7. The molecule has 7 heteroatoms. The summed E-state index contributed by atoms with van der Waals surface area (Å²) in [4.78, 5) is 17.9. The lowest BCUT2D eigenvalue weighted by molar-refractivity contribution is 0.0950. The predicted octanol–water partition coefficient (Wildman–Crippen LogP) is 4.90. The van der Waals surface area contributed by atoms with Crippen molar-refractivity contribution in [2.24, 2.45) is 0 Å². The van der Waals surface area contributed by atoms with Gasteiger partial charge in [0.2, 0.25) is 5.89 Å². The Bertz CT molecular complexity index is 1270. The second kappa shape index (κ2) is 10.3. The fraction of sp³-hybridized carbons (Fsp3) is 0.154. The molecule has 0 fully saturated rings. The number of rotatable bonds is 8. The van der Waals surface area contributed by atoms with Gasteiger partial charge in [-0.1, -0.05) is 36.4 Å². The Labute approximate surface area is 195 Å². The number of hydrogen-bond donors (Lipinski definition) is 1. The molecule has 168 valence electrons. The van der Waals surface area contributed by atoms with E-state index in [4.69, 9.17) is 9.15 Å². The maximum atomic E-state index is 12.6. The van der Waals surface area contributed by atoms with Gasteiger partial charge in [-0.15, -0.1) is 0 Å². The third-order valence-electron chi connectivity index (χ3n) is 5.19. The minimum Gasteiger partial charge on any atom is -0.496 e. The number of methoxy groups -OCH3 is 1. The van der Waals surface area contributed by atoms with E-state index in [0.29, 0.717) is 29.5 Å². The quantitative estimate of drug-likeness (QED) is 0.405. The Kier molecular flexibility index (Phi) is 7.00. The van der Waals surface area contributed by atoms with Crippen molar-refractivity contribution in [1.82, 2.24) is 10.3 Å². The highest BCUT2D eigenvalue weighted by molar-refractivity contribution is 7.84. The largest absolute Gasteiger partial charge is 0.496 e. The molecule has 4 rings (SSSR count). The highest BCUT2D eigenvalue weighted by Gasteiger charge is 2.16. The van der Waals surface area contributed by atoms with E-state index in [1.807, 2.05) is 61.5 Å². The molecule has 0 saturated heterocycles. The van der Waals surface area contributed by atoms with Gasteiger partial charge in [0, 0.05) is 28.1 Å². The molecule has 1 aromatic heterocycles. The minimum absolute atomic E-state index is 0.185. The number of carbonyl (C=O) groups is 1. The number of aromatic nitrogens is 1. The number of ether oxygens (including phenoxy) is 1. The average molecular weight is 461 g/mol. The summed E-state index contributed by atoms with van der Waals surface area (Å²) in [6, 6.07) is 23.9. The molecule has 0 radical (unpaired) electrons. The molecule has 0 bridgehead atoms. The van der Waals surface area contributed by atoms with Gasteiger partial charge in [0.05, 0.1) is 29.4 Å². The first kappa shape index (κ1) is 22.5. The van der Waals surface area contributed by atoms with Gasteiger partial charge in [-0.25, -0.2) is 4.98 Å². The number of amides is 1. The van der Waals surface area contributed by atoms with Crippen molar-refractivity contribution < 1.29 is 18.2 Å². The zero-order valence-corrected chi connectivity index (χ0v) is 19.2. The van der Waals surface area contributed by atoms with Gasteiger partial charge in [0.1, 0.15) is 11.5 Å². The van der Waals surface area contributed by atoms with Crippen molar-refractivity contribution in [2.75, 3.05) is 7.11 Å². The van der Waals surface area contributed by atoms with Crippen LogP contribution in [0, 0.1) is 6.92 Å². The molecule has 0 aliphatic heterocycles. The smallest absolute Gasteiger partial charge is 0.251 e. The van der Waals surface area contributed by atoms with Crippen LogP contribution in [-0.4, -0.2) is 22.2 Å². The molecule has 4 aromatic rings. The molecule has 1 atom stereocenters. The van der Waals surface area contributed by atoms with Gasteiger partial charge in [-0.2, -0.15) is 0 Å². The van der Waals surface area contributed by atoms with Crippen LogP contribution in [0.25, 0.3) is 11.5 Å². The standard InChI is InChI=1S/C26H24N2O4S/c1-18-23(17-33(30)22-9-4-3-5-10-22)28-26(32-18)20-14-12-19(13-15-20)25(29)27-16-21-8-6-7-11-24(21)31-2/h3-15H,16-17H2,1-2H3,(H,27,29)/t33-/m1/s1. The Morgan fingerprint density at radius 1 is 1.00 bits per heavy atom. The maximum Gasteiger partial charge on any atom is 0.251 e. The molecule has 0 aliphatic rings. The highest BCUT2D eigenvalue weighted by atomic mass is 32.2. The third kappa shape index (κ3) is 5.38. The molecular weight excluding hydrogens is 436 g/mol. The molecule has 0 saturated carbocycles. The molecule has 0 aliphatic carbocycles. The maximum absolute atomic E-state index is 12.6. The SMILES string of the molecule is COc1ccccc1CNC(=O)c1ccc(-c2nc(C[S@@](=O)c3ccccc3)c(C)o2)cc1. The van der Waals surface area contributed by atoms with E-state index in [-0.39, 0.29) is 11.7 Å². The van der Waals surface area contributed by atoms with Gasteiger partial charge in [-0.3, -0.25) is 9.00 Å². The number of nitrogens with one attached hydrogen (secondary N) is 1. The zero-order chi connectivity index (χ0) is 23.2. The Hall–Kier alpha value is -3.71. The van der Waals surface area contributed by atoms with Crippen molar-refractivity contribution in [3.63, 3.8) is 0 Å². The summed E-state index contributed by atoms with van der Waals surface area (Å²) in [6.07, 6.45) is 0. The Morgan fingerprint density at radius 2 is 1.70 bits per heavy atom. The van der Waals surface area contributed by atoms with E-state index in [1.165, 1.54) is 0 Å². The number of hydrogen-bond acceptors (Lipinski definition) is 5. The summed E-state index contributed by atoms with van der Waals surface area (Å²) in [5, 5.41) is 2.91. The normalized spacial score (nSPS) is 11.7. The lowest BCUT2D eigenvalue weighted by Crippen LogP contribution is -2.22. The number of nitrogens with zero attached hydrogens (tertiary/aromatic N) is 1. The van der Waals surface area contributed by atoms with E-state index in [1.54, 1.807) is 31.4 Å². The second-order valence-corrected chi connectivity index (χ2v) is 8.85. The van der Waals surface area contributed by atoms with E-state index >= 15 is 0 Å². The van der Waals surface area contributed by atoms with Crippen molar-refractivity contribution >= 4 is 16.7 Å². The fourth-order valence-electron chi connectivity index (χ4n) is 3.36. The predicted molar refractivity (Wildman–Crippen MR) is 127 cm³/mol. The topological polar surface area (TPSA) is 81.4 Å². The summed E-state index contributed by atoms with van der Waals surface area (Å²) in [5.41, 5.74) is 2.84. The molecule has 1 N–H and O–H groups in total. The van der Waals surface area contributed by atoms with E-state index in [9.17, 15) is 9.00 Å². The molecular formula is C26H24N2O4S. The Morgan fingerprint density at radius 3 is 2.42 bits per heavy atom. The first-order valence-corrected chi connectivity index (χ1v) is 11.8. The van der Waals surface area contributed by atoms with Crippen molar-refractivity contribution in [3.8, 4) is 17.2 Å². The van der Waals surface area contributed by atoms with Crippen LogP contribution in [0.15, 0.2) is 88.2 Å². The number of benzene rings is 3. The number of oxazole rings is 1. The van der Waals surface area contributed by atoms with E-state index in [0.717, 1.165) is 21.8 Å². The van der Waals surface area contributed by atoms with E-state index in [2.05, 4.69) is 10.3 Å². The summed E-state index contributed by atoms with van der Waals surface area (Å²) in [6.45, 7) is 2.18. The monoisotopic (exact) mass is 460 g/mol. The lowest BCUT2D eigenvalue weighted by Gasteiger charge is -2.09. The minimum atomic E-state index is -1.20. The third-order valence-corrected chi connectivity index (χ3v) is 6.53. The van der Waals surface area contributed by atoms with Crippen LogP contribution in [0.2, 0.25) is 0 Å². The van der Waals surface area contributed by atoms with Gasteiger partial charge < -0.3 is 14.5 Å². The molecule has 3 aromatic carbocycles. The van der Waals surface area contributed by atoms with Gasteiger partial charge in [-0.05, 0) is 49.4 Å². The first-order valence-electron chi connectivity index (χ1n) is 10.5. The summed E-state index contributed by atoms with van der Waals surface area (Å²) >= 11 is 0. The molecule has 1 amide bonds. The highest BCUT2D eigenvalue weighted by Crippen LogP contribution is 2.24. The molecule has 0 spiro atoms. The molecule has 1 heterocycles. The van der Waals surface area contributed by atoms with Crippen LogP contribution in [0.1, 0.15) is 27.4 Å². The molecule has 0 unspecified atom stereocenters. The Balaban J connectivity index is 1.42. The molecule has 33 heavy (non-hydrogen) atoms. The molecule has 6 nitrogen and oxygen atoms in total. The number of para-hydroxylation sites is 1. The van der Waals surface area contributed by atoms with Crippen LogP contribution in [-0.2, 0) is 23.1 Å². The van der Waals surface area contributed by atoms with Crippen LogP contribution < -0.4 is 10.1 Å². The summed E-state index contributed by atoms with van der Waals surface area (Å²) in [7, 11) is 0.403. The fourth-order valence-corrected chi connectivity index (χ4v) is 4.50. The van der Waals surface area contributed by atoms with Gasteiger partial charge in [0.25, 0.3) is 5.91 Å². The second-order valence-electron chi connectivity index (χ2n) is 7.40. The van der Waals surface area contributed by atoms with Gasteiger partial charge >= 0.3 is 0 Å². The average Bonchev–Trinajstić information content (AvgIpc) is 3.23. The number of aryl methyl sites for hydroxylation is 1. The van der Waals surface area contributed by atoms with E-state index < -0.39 is 10.8 Å². The van der Waals surface area contributed by atoms with Crippen LogP contribution in [0.4, 0.5) is 0 Å². The number of carbonyl (C=O) groups excluding carboxylic acids is 1. The lowest BCUT2D eigenvalue weighted by atomic mass is 10.1. The summed E-state index contributed by atoms with van der Waals surface area (Å²) in [5.74, 6) is 1.90. The van der Waals surface area contributed by atoms with Crippen LogP contribution >= 0.6 is 0 Å². The zero-order valence-electron chi connectivity index (χ0n) is 18.4. The van der Waals surface area contributed by atoms with Crippen molar-refractivity contribution in [1.29, 1.82) is 0 Å². The van der Waals surface area contributed by atoms with Crippen LogP contribution in [0.3, 0.4) is 0 Å². The van der Waals surface area contributed by atoms with Crippen molar-refractivity contribution in [2.45, 2.75) is 24.1 Å².